The average Bonchev–Trinajstić information content (AvgIpc) is 2.68. The number of carbonyl (C=O) groups excluding carboxylic acids is 1. The molecule has 8 heteroatoms. The van der Waals surface area contributed by atoms with Gasteiger partial charge in [0.15, 0.2) is 0 Å². The van der Waals surface area contributed by atoms with Crippen molar-refractivity contribution >= 4 is 5.91 Å². The lowest BCUT2D eigenvalue weighted by Gasteiger charge is -2.53. The summed E-state index contributed by atoms with van der Waals surface area (Å²) >= 11 is 0. The molecular weight excluding hydrogens is 373 g/mol. The fourth-order valence-corrected chi connectivity index (χ4v) is 4.71. The van der Waals surface area contributed by atoms with Crippen LogP contribution in [0.1, 0.15) is 37.7 Å². The molecule has 0 radical (unpaired) electrons. The lowest BCUT2D eigenvalue weighted by Crippen LogP contribution is -2.62. The van der Waals surface area contributed by atoms with E-state index in [0.29, 0.717) is 12.8 Å². The van der Waals surface area contributed by atoms with Gasteiger partial charge in [-0.1, -0.05) is 43.2 Å². The number of alkyl halides is 3. The predicted octanol–water partition coefficient (Wildman–Crippen LogP) is 2.18. The molecule has 1 saturated carbocycles. The molecule has 1 aromatic carbocycles. The van der Waals surface area contributed by atoms with E-state index in [4.69, 9.17) is 0 Å². The van der Waals surface area contributed by atoms with Crippen LogP contribution in [-0.2, 0) is 10.4 Å². The van der Waals surface area contributed by atoms with Crippen LogP contribution in [-0.4, -0.2) is 59.0 Å². The van der Waals surface area contributed by atoms with Crippen molar-refractivity contribution in [2.45, 2.75) is 56.0 Å². The molecule has 4 atom stereocenters. The Morgan fingerprint density at radius 3 is 2.57 bits per heavy atom. The molecular formula is C20H27F3N2O3. The fraction of sp³-hybridized carbons (Fsp3) is 0.650. The minimum Gasteiger partial charge on any atom is -0.394 e. The number of hydrogen-bond acceptors (Lipinski definition) is 4. The molecule has 28 heavy (non-hydrogen) atoms. The summed E-state index contributed by atoms with van der Waals surface area (Å²) in [6.07, 6.45) is -0.857. The summed E-state index contributed by atoms with van der Waals surface area (Å²) in [4.78, 5) is 14.5. The number of nitrogens with zero attached hydrogens (tertiary/aromatic N) is 1. The number of amides is 1. The second-order valence-corrected chi connectivity index (χ2v) is 7.76. The van der Waals surface area contributed by atoms with E-state index in [1.54, 1.807) is 4.90 Å². The van der Waals surface area contributed by atoms with Crippen LogP contribution >= 0.6 is 0 Å². The van der Waals surface area contributed by atoms with E-state index >= 15 is 0 Å². The van der Waals surface area contributed by atoms with Crippen molar-refractivity contribution in [2.24, 2.45) is 5.92 Å². The van der Waals surface area contributed by atoms with Gasteiger partial charge in [-0.05, 0) is 24.8 Å². The highest BCUT2D eigenvalue weighted by Gasteiger charge is 2.51. The van der Waals surface area contributed by atoms with Crippen LogP contribution in [0.4, 0.5) is 13.2 Å². The number of likely N-dealkylation sites (tertiary alicyclic amines) is 1. The molecule has 3 unspecified atom stereocenters. The van der Waals surface area contributed by atoms with Gasteiger partial charge in [-0.25, -0.2) is 0 Å². The Morgan fingerprint density at radius 1 is 1.25 bits per heavy atom. The molecule has 0 bridgehead atoms. The van der Waals surface area contributed by atoms with Crippen LogP contribution in [0.5, 0.6) is 0 Å². The zero-order valence-electron chi connectivity index (χ0n) is 15.7. The van der Waals surface area contributed by atoms with Gasteiger partial charge in [-0.2, -0.15) is 13.2 Å². The fourth-order valence-electron chi connectivity index (χ4n) is 4.71. The molecule has 2 aliphatic rings. The van der Waals surface area contributed by atoms with Crippen molar-refractivity contribution in [3.8, 4) is 0 Å². The van der Waals surface area contributed by atoms with Crippen molar-refractivity contribution in [1.29, 1.82) is 0 Å². The highest BCUT2D eigenvalue weighted by atomic mass is 19.4. The maximum absolute atomic E-state index is 12.9. The second-order valence-electron chi connectivity index (χ2n) is 7.76. The van der Waals surface area contributed by atoms with Gasteiger partial charge >= 0.3 is 6.18 Å². The zero-order chi connectivity index (χ0) is 20.4. The van der Waals surface area contributed by atoms with E-state index in [1.165, 1.54) is 0 Å². The summed E-state index contributed by atoms with van der Waals surface area (Å²) < 4.78 is 37.5. The van der Waals surface area contributed by atoms with Gasteiger partial charge in [-0.15, -0.1) is 0 Å². The number of fused-ring (bicyclic) bond motifs is 1. The summed E-state index contributed by atoms with van der Waals surface area (Å²) in [7, 11) is 0. The van der Waals surface area contributed by atoms with Crippen LogP contribution in [0, 0.1) is 5.92 Å². The maximum Gasteiger partial charge on any atom is 0.401 e. The minimum absolute atomic E-state index is 0.177. The molecule has 1 saturated heterocycles. The molecule has 5 nitrogen and oxygen atoms in total. The first kappa shape index (κ1) is 21.1. The molecule has 156 valence electrons. The predicted molar refractivity (Wildman–Crippen MR) is 97.3 cm³/mol. The molecule has 0 spiro atoms. The Hall–Kier alpha value is -1.64. The van der Waals surface area contributed by atoms with E-state index in [-0.39, 0.29) is 18.5 Å². The largest absolute Gasteiger partial charge is 0.401 e. The van der Waals surface area contributed by atoms with E-state index in [1.807, 2.05) is 30.3 Å². The lowest BCUT2D eigenvalue weighted by molar-refractivity contribution is -0.159. The third kappa shape index (κ3) is 4.34. The Labute approximate surface area is 162 Å². The highest BCUT2D eigenvalue weighted by molar-refractivity contribution is 5.82. The maximum atomic E-state index is 12.9. The van der Waals surface area contributed by atoms with Gasteiger partial charge in [0.1, 0.15) is 6.04 Å². The number of piperidine rings is 1. The third-order valence-electron chi connectivity index (χ3n) is 6.06. The van der Waals surface area contributed by atoms with Crippen molar-refractivity contribution in [1.82, 2.24) is 10.2 Å². The first-order valence-corrected chi connectivity index (χ1v) is 9.75. The third-order valence-corrected chi connectivity index (χ3v) is 6.06. The molecule has 1 aliphatic heterocycles. The normalized spacial score (nSPS) is 29.2. The van der Waals surface area contributed by atoms with E-state index in [9.17, 15) is 28.2 Å². The number of aliphatic hydroxyl groups excluding tert-OH is 1. The quantitative estimate of drug-likeness (QED) is 0.709. The Morgan fingerprint density at radius 2 is 1.93 bits per heavy atom. The summed E-state index contributed by atoms with van der Waals surface area (Å²) in [6, 6.07) is 7.82. The van der Waals surface area contributed by atoms with Crippen molar-refractivity contribution in [3.63, 3.8) is 0 Å². The number of nitrogens with one attached hydrogen (secondary N) is 1. The first-order valence-electron chi connectivity index (χ1n) is 9.75. The Balaban J connectivity index is 1.80. The Bertz CT molecular complexity index is 670. The molecule has 1 amide bonds. The van der Waals surface area contributed by atoms with Gasteiger partial charge in [0.25, 0.3) is 0 Å². The SMILES string of the molecule is O=C([C@H](CO)NCC(F)(F)F)N1CCC(O)(c2ccccc2)C2CCCCC21. The summed E-state index contributed by atoms with van der Waals surface area (Å²) in [5.74, 6) is -0.706. The van der Waals surface area contributed by atoms with Crippen molar-refractivity contribution in [2.75, 3.05) is 19.7 Å². The standard InChI is InChI=1S/C20H27F3N2O3/c21-20(22,23)13-24-16(12-26)18(27)25-11-10-19(28,14-6-2-1-3-7-14)15-8-4-5-9-17(15)25/h1-3,6-7,15-17,24,26,28H,4-5,8-13H2/t15?,16-,17?,19?/m0/s1. The van der Waals surface area contributed by atoms with Crippen molar-refractivity contribution < 1.29 is 28.2 Å². The van der Waals surface area contributed by atoms with Gasteiger partial charge < -0.3 is 15.1 Å². The number of carbonyl (C=O) groups is 1. The molecule has 1 aromatic rings. The van der Waals surface area contributed by atoms with E-state index in [2.05, 4.69) is 5.32 Å². The number of benzene rings is 1. The second kappa shape index (κ2) is 8.39. The van der Waals surface area contributed by atoms with Gasteiger partial charge in [-0.3, -0.25) is 10.1 Å². The topological polar surface area (TPSA) is 72.8 Å². The summed E-state index contributed by atoms with van der Waals surface area (Å²) in [5.41, 5.74) is -0.245. The zero-order valence-corrected chi connectivity index (χ0v) is 15.7. The van der Waals surface area contributed by atoms with Crippen molar-refractivity contribution in [3.05, 3.63) is 35.9 Å². The van der Waals surface area contributed by atoms with Crippen LogP contribution in [0.25, 0.3) is 0 Å². The summed E-state index contributed by atoms with van der Waals surface area (Å²) in [5, 5.41) is 23.1. The number of halogens is 3. The molecule has 0 aromatic heterocycles. The molecule has 3 rings (SSSR count). The molecule has 2 fully saturated rings. The monoisotopic (exact) mass is 400 g/mol. The Kier molecular flexibility index (Phi) is 6.31. The number of rotatable bonds is 5. The lowest BCUT2D eigenvalue weighted by atomic mass is 9.66. The van der Waals surface area contributed by atoms with Crippen LogP contribution in [0.3, 0.4) is 0 Å². The number of hydrogen-bond donors (Lipinski definition) is 3. The molecule has 1 heterocycles. The van der Waals surface area contributed by atoms with E-state index < -0.39 is 36.9 Å². The van der Waals surface area contributed by atoms with Crippen LogP contribution < -0.4 is 5.32 Å². The first-order chi connectivity index (χ1) is 13.3. The number of aliphatic hydroxyl groups is 2. The smallest absolute Gasteiger partial charge is 0.394 e. The highest BCUT2D eigenvalue weighted by Crippen LogP contribution is 2.47. The van der Waals surface area contributed by atoms with Crippen LogP contribution in [0.15, 0.2) is 30.3 Å². The molecule has 3 N–H and O–H groups in total. The molecule has 1 aliphatic carbocycles. The van der Waals surface area contributed by atoms with Gasteiger partial charge in [0, 0.05) is 18.5 Å². The van der Waals surface area contributed by atoms with Crippen LogP contribution in [0.2, 0.25) is 0 Å². The summed E-state index contributed by atoms with van der Waals surface area (Å²) in [6.45, 7) is -1.79. The van der Waals surface area contributed by atoms with E-state index in [0.717, 1.165) is 24.8 Å². The van der Waals surface area contributed by atoms with Gasteiger partial charge in [0.05, 0.1) is 18.8 Å². The van der Waals surface area contributed by atoms with Gasteiger partial charge in [0.2, 0.25) is 5.91 Å². The average molecular weight is 400 g/mol. The minimum atomic E-state index is -4.46.